The molecule has 1 aromatic carbocycles. The second-order valence-electron chi connectivity index (χ2n) is 4.94. The highest BCUT2D eigenvalue weighted by Crippen LogP contribution is 2.44. The molecule has 0 bridgehead atoms. The number of hydrogen-bond acceptors (Lipinski definition) is 2. The summed E-state index contributed by atoms with van der Waals surface area (Å²) < 4.78 is 13.8. The van der Waals surface area contributed by atoms with Crippen LogP contribution in [0.2, 0.25) is 0 Å². The monoisotopic (exact) mass is 406 g/mol. The first-order chi connectivity index (χ1) is 9.54. The van der Waals surface area contributed by atoms with E-state index in [1.54, 1.807) is 0 Å². The first-order valence-electron chi connectivity index (χ1n) is 7.28. The van der Waals surface area contributed by atoms with Crippen molar-refractivity contribution >= 4 is 31.9 Å². The summed E-state index contributed by atoms with van der Waals surface area (Å²) in [5.74, 6) is 1.84. The smallest absolute Gasteiger partial charge is 0.138 e. The Labute approximate surface area is 139 Å². The molecule has 1 aromatic rings. The van der Waals surface area contributed by atoms with E-state index in [1.807, 2.05) is 0 Å². The summed E-state index contributed by atoms with van der Waals surface area (Å²) in [6.45, 7) is 9.94. The minimum atomic E-state index is 0.748. The van der Waals surface area contributed by atoms with Gasteiger partial charge in [0.25, 0.3) is 0 Å². The van der Waals surface area contributed by atoms with Crippen LogP contribution >= 0.6 is 31.9 Å². The first-order valence-corrected chi connectivity index (χ1v) is 8.86. The van der Waals surface area contributed by atoms with Crippen LogP contribution in [0.15, 0.2) is 8.95 Å². The second kappa shape index (κ2) is 8.93. The third-order valence-electron chi connectivity index (χ3n) is 3.23. The fourth-order valence-corrected chi connectivity index (χ4v) is 3.03. The molecule has 0 aromatic heterocycles. The van der Waals surface area contributed by atoms with E-state index in [0.29, 0.717) is 0 Å². The fourth-order valence-electron chi connectivity index (χ4n) is 1.85. The Kier molecular flexibility index (Phi) is 7.96. The summed E-state index contributed by atoms with van der Waals surface area (Å²) in [5.41, 5.74) is 2.18. The lowest BCUT2D eigenvalue weighted by atomic mass is 10.1. The fraction of sp³-hybridized carbons (Fsp3) is 0.625. The van der Waals surface area contributed by atoms with Gasteiger partial charge in [0, 0.05) is 11.1 Å². The lowest BCUT2D eigenvalue weighted by Gasteiger charge is -2.19. The number of ether oxygens (including phenoxy) is 2. The van der Waals surface area contributed by atoms with Crippen molar-refractivity contribution in [1.29, 1.82) is 0 Å². The molecule has 0 aliphatic carbocycles. The van der Waals surface area contributed by atoms with Crippen LogP contribution in [0.4, 0.5) is 0 Å². The first kappa shape index (κ1) is 17.8. The Morgan fingerprint density at radius 2 is 1.10 bits per heavy atom. The van der Waals surface area contributed by atoms with E-state index in [2.05, 4.69) is 59.6 Å². The second-order valence-corrected chi connectivity index (χ2v) is 6.53. The lowest BCUT2D eigenvalue weighted by molar-refractivity contribution is 0.294. The number of halogens is 2. The molecule has 0 aliphatic rings. The highest BCUT2D eigenvalue weighted by Gasteiger charge is 2.19. The van der Waals surface area contributed by atoms with Crippen LogP contribution in [0, 0.1) is 13.8 Å². The van der Waals surface area contributed by atoms with Crippen LogP contribution in [-0.4, -0.2) is 13.2 Å². The maximum absolute atomic E-state index is 5.92. The van der Waals surface area contributed by atoms with Crippen LogP contribution < -0.4 is 9.47 Å². The number of rotatable bonds is 8. The predicted octanol–water partition coefficient (Wildman–Crippen LogP) is 6.19. The Balaban J connectivity index is 3.00. The van der Waals surface area contributed by atoms with Gasteiger partial charge in [-0.1, -0.05) is 26.7 Å². The van der Waals surface area contributed by atoms with Crippen LogP contribution in [0.25, 0.3) is 0 Å². The molecule has 20 heavy (non-hydrogen) atoms. The van der Waals surface area contributed by atoms with Crippen molar-refractivity contribution in [3.63, 3.8) is 0 Å². The Morgan fingerprint density at radius 1 is 0.750 bits per heavy atom. The summed E-state index contributed by atoms with van der Waals surface area (Å²) >= 11 is 7.30. The van der Waals surface area contributed by atoms with Crippen molar-refractivity contribution in [2.45, 2.75) is 53.4 Å². The average molecular weight is 408 g/mol. The van der Waals surface area contributed by atoms with E-state index in [-0.39, 0.29) is 0 Å². The van der Waals surface area contributed by atoms with Crippen LogP contribution in [-0.2, 0) is 0 Å². The third-order valence-corrected chi connectivity index (χ3v) is 5.14. The molecule has 0 heterocycles. The van der Waals surface area contributed by atoms with Gasteiger partial charge in [-0.15, -0.1) is 0 Å². The van der Waals surface area contributed by atoms with Crippen LogP contribution in [0.3, 0.4) is 0 Å². The molecule has 0 atom stereocenters. The number of benzene rings is 1. The highest BCUT2D eigenvalue weighted by molar-refractivity contribution is 9.11. The molecule has 0 N–H and O–H groups in total. The summed E-state index contributed by atoms with van der Waals surface area (Å²) in [4.78, 5) is 0. The molecule has 0 amide bonds. The van der Waals surface area contributed by atoms with Crippen LogP contribution in [0.1, 0.15) is 50.7 Å². The zero-order chi connectivity index (χ0) is 15.1. The van der Waals surface area contributed by atoms with Gasteiger partial charge in [-0.3, -0.25) is 0 Å². The minimum absolute atomic E-state index is 0.748. The SMILES string of the molecule is CCCCOc1c(C)c(Br)c(OCCCC)c(C)c1Br. The summed E-state index contributed by atoms with van der Waals surface area (Å²) in [7, 11) is 0. The van der Waals surface area contributed by atoms with Crippen molar-refractivity contribution in [2.24, 2.45) is 0 Å². The molecule has 4 heteroatoms. The molecule has 0 saturated heterocycles. The lowest BCUT2D eigenvalue weighted by Crippen LogP contribution is -2.04. The van der Waals surface area contributed by atoms with E-state index in [4.69, 9.17) is 9.47 Å². The third kappa shape index (κ3) is 4.39. The maximum atomic E-state index is 5.92. The molecule has 2 nitrogen and oxygen atoms in total. The summed E-state index contributed by atoms with van der Waals surface area (Å²) in [6.07, 6.45) is 4.40. The van der Waals surface area contributed by atoms with Crippen molar-refractivity contribution < 1.29 is 9.47 Å². The van der Waals surface area contributed by atoms with Gasteiger partial charge < -0.3 is 9.47 Å². The van der Waals surface area contributed by atoms with E-state index in [1.165, 1.54) is 0 Å². The average Bonchev–Trinajstić information content (AvgIpc) is 2.44. The molecular weight excluding hydrogens is 384 g/mol. The molecule has 114 valence electrons. The van der Waals surface area contributed by atoms with Gasteiger partial charge >= 0.3 is 0 Å². The quantitative estimate of drug-likeness (QED) is 0.478. The van der Waals surface area contributed by atoms with Crippen LogP contribution in [0.5, 0.6) is 11.5 Å². The van der Waals surface area contributed by atoms with Crippen molar-refractivity contribution in [2.75, 3.05) is 13.2 Å². The minimum Gasteiger partial charge on any atom is -0.492 e. The predicted molar refractivity (Wildman–Crippen MR) is 92.1 cm³/mol. The maximum Gasteiger partial charge on any atom is 0.138 e. The molecular formula is C16H24Br2O2. The van der Waals surface area contributed by atoms with Gasteiger partial charge in [0.05, 0.1) is 22.2 Å². The molecule has 0 unspecified atom stereocenters. The largest absolute Gasteiger partial charge is 0.492 e. The van der Waals surface area contributed by atoms with Gasteiger partial charge in [-0.05, 0) is 58.5 Å². The molecule has 0 saturated carbocycles. The normalized spacial score (nSPS) is 10.7. The molecule has 0 spiro atoms. The summed E-state index contributed by atoms with van der Waals surface area (Å²) in [6, 6.07) is 0. The van der Waals surface area contributed by atoms with E-state index < -0.39 is 0 Å². The molecule has 1 rings (SSSR count). The summed E-state index contributed by atoms with van der Waals surface area (Å²) in [5, 5.41) is 0. The topological polar surface area (TPSA) is 18.5 Å². The van der Waals surface area contributed by atoms with Crippen molar-refractivity contribution in [3.05, 3.63) is 20.1 Å². The Morgan fingerprint density at radius 3 is 1.40 bits per heavy atom. The zero-order valence-electron chi connectivity index (χ0n) is 12.8. The zero-order valence-corrected chi connectivity index (χ0v) is 16.0. The molecule has 0 fully saturated rings. The van der Waals surface area contributed by atoms with E-state index in [0.717, 1.165) is 70.5 Å². The van der Waals surface area contributed by atoms with Gasteiger partial charge in [-0.2, -0.15) is 0 Å². The Bertz CT molecular complexity index is 375. The highest BCUT2D eigenvalue weighted by atomic mass is 79.9. The van der Waals surface area contributed by atoms with Gasteiger partial charge in [0.1, 0.15) is 11.5 Å². The standard InChI is InChI=1S/C16H24Br2O2/c1-5-7-9-19-15-11(3)14(18)16(12(4)13(15)17)20-10-8-6-2/h5-10H2,1-4H3. The van der Waals surface area contributed by atoms with Gasteiger partial charge in [-0.25, -0.2) is 0 Å². The van der Waals surface area contributed by atoms with Crippen molar-refractivity contribution in [1.82, 2.24) is 0 Å². The van der Waals surface area contributed by atoms with Gasteiger partial charge in [0.15, 0.2) is 0 Å². The van der Waals surface area contributed by atoms with Crippen molar-refractivity contribution in [3.8, 4) is 11.5 Å². The van der Waals surface area contributed by atoms with E-state index in [9.17, 15) is 0 Å². The van der Waals surface area contributed by atoms with E-state index >= 15 is 0 Å². The molecule has 0 aliphatic heterocycles. The van der Waals surface area contributed by atoms with Gasteiger partial charge in [0.2, 0.25) is 0 Å². The number of hydrogen-bond donors (Lipinski definition) is 0. The molecule has 0 radical (unpaired) electrons. The number of unbranched alkanes of at least 4 members (excludes halogenated alkanes) is 2. The Hall–Kier alpha value is -0.220.